The molecule has 0 unspecified atom stereocenters. The molecule has 1 heterocycles. The number of ether oxygens (including phenoxy) is 1. The highest BCUT2D eigenvalue weighted by Gasteiger charge is 2.24. The van der Waals surface area contributed by atoms with E-state index in [-0.39, 0.29) is 28.0 Å². The van der Waals surface area contributed by atoms with Gasteiger partial charge in [-0.05, 0) is 52.0 Å². The number of benzene rings is 1. The number of hydrogen-bond donors (Lipinski definition) is 2. The lowest BCUT2D eigenvalue weighted by Crippen LogP contribution is -2.41. The van der Waals surface area contributed by atoms with Gasteiger partial charge in [-0.2, -0.15) is 0 Å². The lowest BCUT2D eigenvalue weighted by atomic mass is 10.2. The molecule has 130 valence electrons. The van der Waals surface area contributed by atoms with E-state index in [4.69, 9.17) is 9.26 Å². The SMILES string of the molecule is Cc1noc(C)c1S(=O)(=O)NNC(=O)c1ccc(OC(C)C)cc1. The molecule has 1 amide bonds. The monoisotopic (exact) mass is 353 g/mol. The first kappa shape index (κ1) is 18.0. The Balaban J connectivity index is 2.05. The zero-order chi connectivity index (χ0) is 17.9. The van der Waals surface area contributed by atoms with Crippen LogP contribution in [0.4, 0.5) is 0 Å². The van der Waals surface area contributed by atoms with E-state index in [1.165, 1.54) is 26.0 Å². The Morgan fingerprint density at radius 2 is 1.83 bits per heavy atom. The molecule has 2 aromatic rings. The fourth-order valence-corrected chi connectivity index (χ4v) is 3.22. The number of carbonyl (C=O) groups is 1. The van der Waals surface area contributed by atoms with Gasteiger partial charge >= 0.3 is 0 Å². The fraction of sp³-hybridized carbons (Fsp3) is 0.333. The Bertz CT molecular complexity index is 806. The van der Waals surface area contributed by atoms with Crippen molar-refractivity contribution in [2.75, 3.05) is 0 Å². The fourth-order valence-electron chi connectivity index (χ4n) is 2.05. The van der Waals surface area contributed by atoms with Gasteiger partial charge in [-0.25, -0.2) is 8.42 Å². The Morgan fingerprint density at radius 3 is 2.33 bits per heavy atom. The van der Waals surface area contributed by atoms with Crippen molar-refractivity contribution >= 4 is 15.9 Å². The van der Waals surface area contributed by atoms with Crippen molar-refractivity contribution in [3.05, 3.63) is 41.3 Å². The number of nitrogens with one attached hydrogen (secondary N) is 2. The van der Waals surface area contributed by atoms with Gasteiger partial charge in [0.1, 0.15) is 16.3 Å². The summed E-state index contributed by atoms with van der Waals surface area (Å²) in [4.78, 5) is 14.0. The number of rotatable bonds is 6. The Kier molecular flexibility index (Phi) is 5.25. The van der Waals surface area contributed by atoms with Gasteiger partial charge < -0.3 is 9.26 Å². The summed E-state index contributed by atoms with van der Waals surface area (Å²) in [7, 11) is -3.97. The van der Waals surface area contributed by atoms with Gasteiger partial charge in [-0.3, -0.25) is 10.2 Å². The zero-order valence-electron chi connectivity index (χ0n) is 13.8. The molecule has 0 atom stereocenters. The van der Waals surface area contributed by atoms with Crippen LogP contribution < -0.4 is 15.0 Å². The van der Waals surface area contributed by atoms with Crippen molar-refractivity contribution in [2.45, 2.75) is 38.7 Å². The third kappa shape index (κ3) is 4.12. The summed E-state index contributed by atoms with van der Waals surface area (Å²) in [6.45, 7) is 6.76. The van der Waals surface area contributed by atoms with Crippen LogP contribution in [0.3, 0.4) is 0 Å². The average Bonchev–Trinajstić information content (AvgIpc) is 2.85. The summed E-state index contributed by atoms with van der Waals surface area (Å²) in [5, 5.41) is 3.58. The first-order valence-electron chi connectivity index (χ1n) is 7.22. The maximum atomic E-state index is 12.2. The normalized spacial score (nSPS) is 11.5. The zero-order valence-corrected chi connectivity index (χ0v) is 14.6. The number of carbonyl (C=O) groups excluding carboxylic acids is 1. The molecule has 0 fully saturated rings. The Morgan fingerprint density at radius 1 is 1.21 bits per heavy atom. The minimum absolute atomic E-state index is 0.0199. The summed E-state index contributed by atoms with van der Waals surface area (Å²) < 4.78 is 34.7. The standard InChI is InChI=1S/C15H19N3O5S/c1-9(2)22-13-7-5-12(6-8-13)15(19)16-18-24(20,21)14-10(3)17-23-11(14)4/h5-9,18H,1-4H3,(H,16,19). The number of aromatic nitrogens is 1. The average molecular weight is 353 g/mol. The van der Waals surface area contributed by atoms with E-state index in [2.05, 4.69) is 10.6 Å². The van der Waals surface area contributed by atoms with Crippen molar-refractivity contribution in [3.63, 3.8) is 0 Å². The lowest BCUT2D eigenvalue weighted by molar-refractivity contribution is 0.0945. The highest BCUT2D eigenvalue weighted by molar-refractivity contribution is 7.89. The molecular formula is C15H19N3O5S. The second kappa shape index (κ2) is 7.02. The van der Waals surface area contributed by atoms with E-state index in [1.807, 2.05) is 18.7 Å². The Hall–Kier alpha value is -2.39. The van der Waals surface area contributed by atoms with E-state index >= 15 is 0 Å². The minimum atomic E-state index is -3.97. The van der Waals surface area contributed by atoms with Crippen LogP contribution in [0.2, 0.25) is 0 Å². The predicted molar refractivity (Wildman–Crippen MR) is 86.0 cm³/mol. The molecule has 0 bridgehead atoms. The van der Waals surface area contributed by atoms with Crippen molar-refractivity contribution < 1.29 is 22.5 Å². The van der Waals surface area contributed by atoms with Gasteiger partial charge in [0.25, 0.3) is 15.9 Å². The molecule has 0 aliphatic carbocycles. The van der Waals surface area contributed by atoms with E-state index in [0.29, 0.717) is 5.75 Å². The molecule has 2 rings (SSSR count). The third-order valence-corrected chi connectivity index (χ3v) is 4.51. The van der Waals surface area contributed by atoms with Crippen LogP contribution in [0.1, 0.15) is 35.7 Å². The Labute approximate surface area is 140 Å². The predicted octanol–water partition coefficient (Wildman–Crippen LogP) is 1.70. The molecule has 24 heavy (non-hydrogen) atoms. The van der Waals surface area contributed by atoms with Crippen LogP contribution in [0.15, 0.2) is 33.7 Å². The van der Waals surface area contributed by atoms with Gasteiger partial charge in [-0.15, -0.1) is 4.83 Å². The maximum Gasteiger partial charge on any atom is 0.266 e. The van der Waals surface area contributed by atoms with Gasteiger partial charge in [0.05, 0.1) is 6.10 Å². The number of amides is 1. The van der Waals surface area contributed by atoms with E-state index < -0.39 is 15.9 Å². The quantitative estimate of drug-likeness (QED) is 0.765. The van der Waals surface area contributed by atoms with Crippen LogP contribution in [0.25, 0.3) is 0 Å². The van der Waals surface area contributed by atoms with Gasteiger partial charge in [0.2, 0.25) is 0 Å². The molecule has 9 heteroatoms. The molecule has 0 aliphatic heterocycles. The lowest BCUT2D eigenvalue weighted by Gasteiger charge is -2.11. The van der Waals surface area contributed by atoms with Crippen molar-refractivity contribution in [1.82, 2.24) is 15.4 Å². The first-order chi connectivity index (χ1) is 11.2. The molecule has 2 N–H and O–H groups in total. The highest BCUT2D eigenvalue weighted by Crippen LogP contribution is 2.18. The summed E-state index contributed by atoms with van der Waals surface area (Å²) in [5.74, 6) is 0.170. The van der Waals surface area contributed by atoms with Crippen molar-refractivity contribution in [1.29, 1.82) is 0 Å². The van der Waals surface area contributed by atoms with Gasteiger partial charge in [-0.1, -0.05) is 5.16 Å². The number of nitrogens with zero attached hydrogens (tertiary/aromatic N) is 1. The molecule has 0 aliphatic rings. The van der Waals surface area contributed by atoms with Crippen LogP contribution in [0, 0.1) is 13.8 Å². The summed E-state index contributed by atoms with van der Waals surface area (Å²) in [6, 6.07) is 6.35. The van der Waals surface area contributed by atoms with Crippen LogP contribution in [-0.2, 0) is 10.0 Å². The molecule has 1 aromatic heterocycles. The smallest absolute Gasteiger partial charge is 0.266 e. The number of sulfonamides is 1. The maximum absolute atomic E-state index is 12.2. The highest BCUT2D eigenvalue weighted by atomic mass is 32.2. The van der Waals surface area contributed by atoms with Crippen molar-refractivity contribution in [2.24, 2.45) is 0 Å². The summed E-state index contributed by atoms with van der Waals surface area (Å²) in [5.41, 5.74) is 2.65. The largest absolute Gasteiger partial charge is 0.491 e. The van der Waals surface area contributed by atoms with E-state index in [1.54, 1.807) is 12.1 Å². The topological polar surface area (TPSA) is 111 Å². The van der Waals surface area contributed by atoms with Gasteiger partial charge in [0.15, 0.2) is 5.76 Å². The van der Waals surface area contributed by atoms with Crippen LogP contribution >= 0.6 is 0 Å². The number of aryl methyl sites for hydroxylation is 2. The minimum Gasteiger partial charge on any atom is -0.491 e. The summed E-state index contributed by atoms with van der Waals surface area (Å²) in [6.07, 6.45) is 0.0199. The van der Waals surface area contributed by atoms with E-state index in [9.17, 15) is 13.2 Å². The summed E-state index contributed by atoms with van der Waals surface area (Å²) >= 11 is 0. The molecule has 8 nitrogen and oxygen atoms in total. The third-order valence-electron chi connectivity index (χ3n) is 3.02. The van der Waals surface area contributed by atoms with E-state index in [0.717, 1.165) is 0 Å². The second-order valence-electron chi connectivity index (χ2n) is 5.40. The number of hydrazine groups is 1. The second-order valence-corrected chi connectivity index (χ2v) is 7.02. The van der Waals surface area contributed by atoms with Crippen LogP contribution in [-0.4, -0.2) is 25.6 Å². The molecule has 0 radical (unpaired) electrons. The van der Waals surface area contributed by atoms with Crippen molar-refractivity contribution in [3.8, 4) is 5.75 Å². The molecule has 0 saturated heterocycles. The molecular weight excluding hydrogens is 334 g/mol. The molecule has 0 saturated carbocycles. The van der Waals surface area contributed by atoms with Crippen LogP contribution in [0.5, 0.6) is 5.75 Å². The molecule has 0 spiro atoms. The molecule has 1 aromatic carbocycles. The number of hydrogen-bond acceptors (Lipinski definition) is 6. The van der Waals surface area contributed by atoms with Gasteiger partial charge in [0, 0.05) is 5.56 Å². The first-order valence-corrected chi connectivity index (χ1v) is 8.71.